The van der Waals surface area contributed by atoms with E-state index in [2.05, 4.69) is 27.3 Å². The van der Waals surface area contributed by atoms with Gasteiger partial charge >= 0.3 is 0 Å². The second-order valence-corrected chi connectivity index (χ2v) is 10.8. The number of fused-ring (bicyclic) bond motifs is 1. The average Bonchev–Trinajstić information content (AvgIpc) is 3.06. The lowest BCUT2D eigenvalue weighted by molar-refractivity contribution is -0.123. The Kier molecular flexibility index (Phi) is 4.64. The molecule has 1 atom stereocenters. The maximum Gasteiger partial charge on any atom is 0.253 e. The predicted molar refractivity (Wildman–Crippen MR) is 114 cm³/mol. The van der Waals surface area contributed by atoms with Crippen LogP contribution in [0.3, 0.4) is 0 Å². The fourth-order valence-electron chi connectivity index (χ4n) is 6.57. The summed E-state index contributed by atoms with van der Waals surface area (Å²) < 4.78 is 1.78. The molecule has 7 heteroatoms. The van der Waals surface area contributed by atoms with E-state index in [1.54, 1.807) is 4.52 Å². The zero-order valence-corrected chi connectivity index (χ0v) is 18.7. The van der Waals surface area contributed by atoms with Crippen molar-refractivity contribution in [1.82, 2.24) is 24.9 Å². The number of carbonyl (C=O) groups is 1. The van der Waals surface area contributed by atoms with E-state index in [4.69, 9.17) is 0 Å². The molecule has 1 N–H and O–H groups in total. The van der Waals surface area contributed by atoms with Gasteiger partial charge in [0.2, 0.25) is 11.1 Å². The molecule has 4 fully saturated rings. The largest absolute Gasteiger partial charge is 0.352 e. The average molecular weight is 414 g/mol. The van der Waals surface area contributed by atoms with Crippen LogP contribution >= 0.6 is 11.8 Å². The van der Waals surface area contributed by atoms with E-state index in [9.17, 15) is 4.79 Å². The zero-order valence-electron chi connectivity index (χ0n) is 17.9. The smallest absolute Gasteiger partial charge is 0.253 e. The molecule has 4 aliphatic rings. The van der Waals surface area contributed by atoms with Gasteiger partial charge in [-0.05, 0) is 95.0 Å². The minimum atomic E-state index is 0.0918. The van der Waals surface area contributed by atoms with E-state index in [-0.39, 0.29) is 11.9 Å². The van der Waals surface area contributed by atoms with Crippen LogP contribution < -0.4 is 5.32 Å². The minimum absolute atomic E-state index is 0.0918. The summed E-state index contributed by atoms with van der Waals surface area (Å²) in [6, 6.07) is 0.257. The van der Waals surface area contributed by atoms with Gasteiger partial charge in [0.25, 0.3) is 5.78 Å². The number of hydrogen-bond acceptors (Lipinski definition) is 5. The van der Waals surface area contributed by atoms with Crippen LogP contribution in [-0.4, -0.2) is 37.3 Å². The molecule has 2 heterocycles. The quantitative estimate of drug-likeness (QED) is 0.754. The highest BCUT2D eigenvalue weighted by molar-refractivity contribution is 7.99. The Morgan fingerprint density at radius 1 is 1.14 bits per heavy atom. The van der Waals surface area contributed by atoms with Crippen molar-refractivity contribution < 1.29 is 4.79 Å². The maximum atomic E-state index is 12.7. The Morgan fingerprint density at radius 2 is 1.76 bits per heavy atom. The highest BCUT2D eigenvalue weighted by Crippen LogP contribution is 2.61. The number of hydrogen-bond donors (Lipinski definition) is 1. The number of carbonyl (C=O) groups excluding carboxylic acids is 1. The molecule has 6 nitrogen and oxygen atoms in total. The maximum absolute atomic E-state index is 12.7. The minimum Gasteiger partial charge on any atom is -0.352 e. The van der Waals surface area contributed by atoms with Crippen molar-refractivity contribution in [2.24, 2.45) is 23.2 Å². The number of aromatic nitrogens is 4. The lowest BCUT2D eigenvalue weighted by Crippen LogP contribution is -2.56. The number of amides is 1. The van der Waals surface area contributed by atoms with E-state index < -0.39 is 0 Å². The van der Waals surface area contributed by atoms with E-state index in [0.29, 0.717) is 22.1 Å². The van der Waals surface area contributed by atoms with Crippen molar-refractivity contribution in [2.45, 2.75) is 77.4 Å². The van der Waals surface area contributed by atoms with Crippen molar-refractivity contribution >= 4 is 23.4 Å². The lowest BCUT2D eigenvalue weighted by atomic mass is 9.48. The van der Waals surface area contributed by atoms with Gasteiger partial charge in [0.15, 0.2) is 0 Å². The predicted octanol–water partition coefficient (Wildman–Crippen LogP) is 3.86. The van der Waals surface area contributed by atoms with Gasteiger partial charge in [-0.25, -0.2) is 9.50 Å². The van der Waals surface area contributed by atoms with Gasteiger partial charge in [0.1, 0.15) is 0 Å². The summed E-state index contributed by atoms with van der Waals surface area (Å²) >= 11 is 1.40. The van der Waals surface area contributed by atoms with Crippen LogP contribution in [0.15, 0.2) is 5.16 Å². The van der Waals surface area contributed by atoms with Gasteiger partial charge in [-0.3, -0.25) is 4.79 Å². The molecule has 0 radical (unpaired) electrons. The van der Waals surface area contributed by atoms with Crippen LogP contribution in [0.1, 0.15) is 62.4 Å². The summed E-state index contributed by atoms with van der Waals surface area (Å²) in [5.41, 5.74) is 3.49. The second-order valence-electron chi connectivity index (χ2n) is 9.87. The fraction of sp³-hybridized carbons (Fsp3) is 0.727. The Hall–Kier alpha value is -1.63. The van der Waals surface area contributed by atoms with E-state index in [1.807, 2.05) is 20.8 Å². The number of nitrogens with zero attached hydrogens (tertiary/aromatic N) is 4. The van der Waals surface area contributed by atoms with E-state index in [1.165, 1.54) is 50.3 Å². The molecule has 1 amide bonds. The molecular formula is C22H31N5OS. The first kappa shape index (κ1) is 19.3. The highest BCUT2D eigenvalue weighted by atomic mass is 32.2. The summed E-state index contributed by atoms with van der Waals surface area (Å²) in [5, 5.41) is 8.49. The topological polar surface area (TPSA) is 72.2 Å². The Morgan fingerprint density at radius 3 is 2.38 bits per heavy atom. The highest BCUT2D eigenvalue weighted by Gasteiger charge is 2.53. The molecule has 0 aliphatic heterocycles. The van der Waals surface area contributed by atoms with Crippen LogP contribution in [0.4, 0.5) is 0 Å². The van der Waals surface area contributed by atoms with Crippen molar-refractivity contribution in [3.05, 3.63) is 17.0 Å². The molecule has 0 spiro atoms. The summed E-state index contributed by atoms with van der Waals surface area (Å²) in [6.45, 7) is 8.30. The fourth-order valence-corrected chi connectivity index (χ4v) is 7.20. The van der Waals surface area contributed by atoms with Crippen LogP contribution in [-0.2, 0) is 4.79 Å². The molecule has 29 heavy (non-hydrogen) atoms. The van der Waals surface area contributed by atoms with Gasteiger partial charge < -0.3 is 5.32 Å². The Bertz CT molecular complexity index is 932. The molecule has 0 aromatic carbocycles. The van der Waals surface area contributed by atoms with Crippen molar-refractivity contribution in [3.8, 4) is 0 Å². The van der Waals surface area contributed by atoms with Gasteiger partial charge in [-0.2, -0.15) is 4.98 Å². The molecule has 2 aromatic rings. The number of nitrogens with one attached hydrogen (secondary N) is 1. The molecule has 0 saturated heterocycles. The first-order valence-electron chi connectivity index (χ1n) is 11.0. The summed E-state index contributed by atoms with van der Waals surface area (Å²) in [4.78, 5) is 21.7. The zero-order chi connectivity index (χ0) is 20.3. The van der Waals surface area contributed by atoms with Gasteiger partial charge in [0.05, 0.1) is 5.75 Å². The molecule has 6 rings (SSSR count). The molecule has 4 aliphatic carbocycles. The molecular weight excluding hydrogens is 382 g/mol. The summed E-state index contributed by atoms with van der Waals surface area (Å²) in [7, 11) is 0. The van der Waals surface area contributed by atoms with Gasteiger partial charge in [0, 0.05) is 17.4 Å². The standard InChI is InChI=1S/C22H31N5OS/c1-12-13(2)23-20-25-21(26-27(20)14(12)3)29-11-19(28)24-15(4)22-8-16-5-17(9-22)7-18(6-16)10-22/h15-18H,5-11H2,1-4H3,(H,24,28)/t15-,16?,17?,18?,22?/m1/s1. The molecule has 2 aromatic heterocycles. The molecule has 156 valence electrons. The number of thioether (sulfide) groups is 1. The summed E-state index contributed by atoms with van der Waals surface area (Å²) in [5.74, 6) is 3.76. The van der Waals surface area contributed by atoms with Crippen molar-refractivity contribution in [2.75, 3.05) is 5.75 Å². The Balaban J connectivity index is 1.23. The first-order chi connectivity index (χ1) is 13.8. The third kappa shape index (κ3) is 3.35. The SMILES string of the molecule is Cc1nc2nc(SCC(=O)N[C@H](C)C34CC5CC(CC(C5)C3)C4)nn2c(C)c1C. The second kappa shape index (κ2) is 6.96. The van der Waals surface area contributed by atoms with E-state index >= 15 is 0 Å². The van der Waals surface area contributed by atoms with Gasteiger partial charge in [-0.15, -0.1) is 5.10 Å². The van der Waals surface area contributed by atoms with Crippen molar-refractivity contribution in [1.29, 1.82) is 0 Å². The monoisotopic (exact) mass is 413 g/mol. The number of rotatable bonds is 5. The Labute approximate surface area is 176 Å². The molecule has 4 bridgehead atoms. The van der Waals surface area contributed by atoms with Gasteiger partial charge in [-0.1, -0.05) is 11.8 Å². The normalized spacial score (nSPS) is 31.4. The third-order valence-corrected chi connectivity index (χ3v) is 8.79. The van der Waals surface area contributed by atoms with Crippen LogP contribution in [0.5, 0.6) is 0 Å². The van der Waals surface area contributed by atoms with Crippen molar-refractivity contribution in [3.63, 3.8) is 0 Å². The number of aryl methyl sites for hydroxylation is 2. The third-order valence-electron chi connectivity index (χ3n) is 7.96. The lowest BCUT2D eigenvalue weighted by Gasteiger charge is -2.59. The molecule has 4 saturated carbocycles. The molecule has 0 unspecified atom stereocenters. The van der Waals surface area contributed by atoms with Crippen LogP contribution in [0.25, 0.3) is 5.78 Å². The first-order valence-corrected chi connectivity index (χ1v) is 11.9. The van der Waals surface area contributed by atoms with E-state index in [0.717, 1.165) is 34.7 Å². The van der Waals surface area contributed by atoms with Crippen LogP contribution in [0, 0.1) is 43.9 Å². The summed E-state index contributed by atoms with van der Waals surface area (Å²) in [6.07, 6.45) is 8.23. The van der Waals surface area contributed by atoms with Crippen LogP contribution in [0.2, 0.25) is 0 Å².